The number of alkyl halides is 1. The highest BCUT2D eigenvalue weighted by molar-refractivity contribution is 9.08. The lowest BCUT2D eigenvalue weighted by molar-refractivity contribution is 0.561. The molecule has 0 aliphatic carbocycles. The highest BCUT2D eigenvalue weighted by Crippen LogP contribution is 2.28. The van der Waals surface area contributed by atoms with Gasteiger partial charge in [0.1, 0.15) is 5.82 Å². The number of oxazole rings is 1. The molecule has 2 aromatic rings. The third kappa shape index (κ3) is 2.06. The van der Waals surface area contributed by atoms with Crippen LogP contribution in [0.4, 0.5) is 4.39 Å². The maximum Gasteiger partial charge on any atom is 0.181 e. The van der Waals surface area contributed by atoms with Crippen molar-refractivity contribution in [1.82, 2.24) is 4.98 Å². The zero-order valence-corrected chi connectivity index (χ0v) is 9.85. The Bertz CT molecular complexity index is 486. The van der Waals surface area contributed by atoms with Crippen LogP contribution in [0.5, 0.6) is 0 Å². The van der Waals surface area contributed by atoms with Crippen LogP contribution in [0, 0.1) is 5.82 Å². The summed E-state index contributed by atoms with van der Waals surface area (Å²) >= 11 is 8.91. The molecule has 15 heavy (non-hydrogen) atoms. The number of aromatic nitrogens is 1. The standard InChI is InChI=1S/C10H6BrClFNO/c11-4-9-10(15-5-14-9)7-2-1-6(12)3-8(7)13/h1-3,5H,4H2. The van der Waals surface area contributed by atoms with Crippen molar-refractivity contribution < 1.29 is 8.81 Å². The van der Waals surface area contributed by atoms with Crippen LogP contribution >= 0.6 is 27.5 Å². The summed E-state index contributed by atoms with van der Waals surface area (Å²) in [5.74, 6) is 0.0162. The van der Waals surface area contributed by atoms with Crippen LogP contribution in [-0.2, 0) is 5.33 Å². The molecular weight excluding hydrogens is 284 g/mol. The lowest BCUT2D eigenvalue weighted by atomic mass is 10.1. The SMILES string of the molecule is Fc1cc(Cl)ccc1-c1ocnc1CBr. The van der Waals surface area contributed by atoms with Crippen molar-refractivity contribution in [2.75, 3.05) is 0 Å². The monoisotopic (exact) mass is 289 g/mol. The zero-order chi connectivity index (χ0) is 10.8. The van der Waals surface area contributed by atoms with Crippen molar-refractivity contribution in [1.29, 1.82) is 0 Å². The highest BCUT2D eigenvalue weighted by Gasteiger charge is 2.13. The average Bonchev–Trinajstić information content (AvgIpc) is 2.65. The van der Waals surface area contributed by atoms with Crippen LogP contribution in [-0.4, -0.2) is 4.98 Å². The van der Waals surface area contributed by atoms with E-state index in [1.807, 2.05) is 0 Å². The molecule has 0 N–H and O–H groups in total. The van der Waals surface area contributed by atoms with Crippen LogP contribution in [0.2, 0.25) is 5.02 Å². The zero-order valence-electron chi connectivity index (χ0n) is 7.51. The van der Waals surface area contributed by atoms with E-state index >= 15 is 0 Å². The first-order valence-electron chi connectivity index (χ1n) is 4.16. The summed E-state index contributed by atoms with van der Waals surface area (Å²) in [7, 11) is 0. The number of hydrogen-bond acceptors (Lipinski definition) is 2. The van der Waals surface area contributed by atoms with Gasteiger partial charge in [-0.15, -0.1) is 0 Å². The Hall–Kier alpha value is -0.870. The molecule has 1 aromatic carbocycles. The maximum absolute atomic E-state index is 13.5. The number of halogens is 3. The first kappa shape index (κ1) is 10.6. The van der Waals surface area contributed by atoms with Crippen LogP contribution in [0.3, 0.4) is 0 Å². The third-order valence-electron chi connectivity index (χ3n) is 1.94. The van der Waals surface area contributed by atoms with Gasteiger partial charge in [-0.3, -0.25) is 0 Å². The minimum absolute atomic E-state index is 0.358. The quantitative estimate of drug-likeness (QED) is 0.781. The molecule has 0 atom stereocenters. The van der Waals surface area contributed by atoms with Crippen LogP contribution in [0.15, 0.2) is 29.0 Å². The van der Waals surface area contributed by atoms with E-state index in [-0.39, 0.29) is 0 Å². The van der Waals surface area contributed by atoms with E-state index in [2.05, 4.69) is 20.9 Å². The average molecular weight is 291 g/mol. The molecule has 0 bridgehead atoms. The fourth-order valence-electron chi connectivity index (χ4n) is 1.26. The largest absolute Gasteiger partial charge is 0.443 e. The molecule has 0 aliphatic rings. The molecule has 1 aromatic heterocycles. The molecule has 0 unspecified atom stereocenters. The van der Waals surface area contributed by atoms with Crippen molar-refractivity contribution in [2.24, 2.45) is 0 Å². The van der Waals surface area contributed by atoms with Gasteiger partial charge in [-0.25, -0.2) is 9.37 Å². The normalized spacial score (nSPS) is 10.6. The summed E-state index contributed by atoms with van der Waals surface area (Å²) in [5.41, 5.74) is 1.03. The van der Waals surface area contributed by atoms with Crippen molar-refractivity contribution in [3.05, 3.63) is 41.1 Å². The van der Waals surface area contributed by atoms with E-state index in [4.69, 9.17) is 16.0 Å². The van der Waals surface area contributed by atoms with Crippen molar-refractivity contribution >= 4 is 27.5 Å². The molecule has 2 nitrogen and oxygen atoms in total. The summed E-state index contributed by atoms with van der Waals surface area (Å²) in [6.45, 7) is 0. The molecule has 0 saturated carbocycles. The molecule has 0 saturated heterocycles. The van der Waals surface area contributed by atoms with Crippen LogP contribution < -0.4 is 0 Å². The molecule has 2 rings (SSSR count). The summed E-state index contributed by atoms with van der Waals surface area (Å²) in [6.07, 6.45) is 1.29. The van der Waals surface area contributed by atoms with E-state index in [9.17, 15) is 4.39 Å². The Labute approximate surface area is 99.2 Å². The minimum atomic E-state index is -0.415. The lowest BCUT2D eigenvalue weighted by Crippen LogP contribution is -1.87. The van der Waals surface area contributed by atoms with Gasteiger partial charge < -0.3 is 4.42 Å². The van der Waals surface area contributed by atoms with Crippen molar-refractivity contribution in [3.63, 3.8) is 0 Å². The van der Waals surface area contributed by atoms with Gasteiger partial charge in [0.15, 0.2) is 12.2 Å². The molecule has 0 radical (unpaired) electrons. The molecule has 78 valence electrons. The van der Waals surface area contributed by atoms with Gasteiger partial charge in [0.05, 0.1) is 11.3 Å². The van der Waals surface area contributed by atoms with Gasteiger partial charge in [0.25, 0.3) is 0 Å². The number of rotatable bonds is 2. The Morgan fingerprint density at radius 3 is 2.93 bits per heavy atom. The van der Waals surface area contributed by atoms with E-state index in [1.165, 1.54) is 12.5 Å². The van der Waals surface area contributed by atoms with E-state index in [1.54, 1.807) is 12.1 Å². The second kappa shape index (κ2) is 4.33. The summed E-state index contributed by atoms with van der Waals surface area (Å²) < 4.78 is 18.7. The fourth-order valence-corrected chi connectivity index (χ4v) is 1.82. The molecule has 5 heteroatoms. The van der Waals surface area contributed by atoms with Crippen LogP contribution in [0.1, 0.15) is 5.69 Å². The second-order valence-electron chi connectivity index (χ2n) is 2.89. The van der Waals surface area contributed by atoms with Gasteiger partial charge in [-0.2, -0.15) is 0 Å². The topological polar surface area (TPSA) is 26.0 Å². The van der Waals surface area contributed by atoms with E-state index < -0.39 is 5.82 Å². The molecule has 1 heterocycles. The minimum Gasteiger partial charge on any atom is -0.443 e. The fraction of sp³-hybridized carbons (Fsp3) is 0.100. The molecular formula is C10H6BrClFNO. The van der Waals surface area contributed by atoms with Gasteiger partial charge in [0.2, 0.25) is 0 Å². The van der Waals surface area contributed by atoms with Crippen LogP contribution in [0.25, 0.3) is 11.3 Å². The van der Waals surface area contributed by atoms with E-state index in [0.717, 1.165) is 0 Å². The van der Waals surface area contributed by atoms with Gasteiger partial charge in [0, 0.05) is 10.4 Å². The number of nitrogens with zero attached hydrogens (tertiary/aromatic N) is 1. The summed E-state index contributed by atoms with van der Waals surface area (Å²) in [5, 5.41) is 0.872. The third-order valence-corrected chi connectivity index (χ3v) is 2.71. The van der Waals surface area contributed by atoms with E-state index in [0.29, 0.717) is 27.4 Å². The Balaban J connectivity index is 2.54. The first-order valence-corrected chi connectivity index (χ1v) is 5.66. The van der Waals surface area contributed by atoms with Gasteiger partial charge >= 0.3 is 0 Å². The molecule has 0 aliphatic heterocycles. The van der Waals surface area contributed by atoms with Gasteiger partial charge in [-0.05, 0) is 18.2 Å². The van der Waals surface area contributed by atoms with Gasteiger partial charge in [-0.1, -0.05) is 27.5 Å². The first-order chi connectivity index (χ1) is 7.22. The lowest BCUT2D eigenvalue weighted by Gasteiger charge is -2.01. The number of benzene rings is 1. The predicted molar refractivity (Wildman–Crippen MR) is 59.5 cm³/mol. The molecule has 0 fully saturated rings. The Kier molecular flexibility index (Phi) is 3.07. The predicted octanol–water partition coefficient (Wildman–Crippen LogP) is 4.03. The van der Waals surface area contributed by atoms with Crippen molar-refractivity contribution in [3.8, 4) is 11.3 Å². The smallest absolute Gasteiger partial charge is 0.181 e. The highest BCUT2D eigenvalue weighted by atomic mass is 79.9. The Morgan fingerprint density at radius 2 is 2.27 bits per heavy atom. The molecule has 0 spiro atoms. The second-order valence-corrected chi connectivity index (χ2v) is 3.88. The summed E-state index contributed by atoms with van der Waals surface area (Å²) in [4.78, 5) is 3.96. The van der Waals surface area contributed by atoms with Crippen molar-refractivity contribution in [2.45, 2.75) is 5.33 Å². The maximum atomic E-state index is 13.5. The molecule has 0 amide bonds. The number of hydrogen-bond donors (Lipinski definition) is 0. The Morgan fingerprint density at radius 1 is 1.47 bits per heavy atom. The summed E-state index contributed by atoms with van der Waals surface area (Å²) in [6, 6.07) is 4.43.